The van der Waals surface area contributed by atoms with E-state index in [1.54, 1.807) is 43.1 Å². The average molecular weight is 304 g/mol. The number of amides is 2. The predicted molar refractivity (Wildman–Crippen MR) is 80.8 cm³/mol. The molecule has 2 rings (SSSR count). The molecule has 1 unspecified atom stereocenters. The van der Waals surface area contributed by atoms with Crippen molar-refractivity contribution in [2.75, 3.05) is 20.1 Å². The van der Waals surface area contributed by atoms with Crippen LogP contribution in [0.5, 0.6) is 0 Å². The normalized spacial score (nSPS) is 15.3. The van der Waals surface area contributed by atoms with Crippen molar-refractivity contribution in [1.82, 2.24) is 9.80 Å². The Morgan fingerprint density at radius 1 is 1.18 bits per heavy atom. The molecule has 0 radical (unpaired) electrons. The fourth-order valence-electron chi connectivity index (χ4n) is 2.46. The van der Waals surface area contributed by atoms with Crippen LogP contribution in [-0.4, -0.2) is 58.9 Å². The lowest BCUT2D eigenvalue weighted by molar-refractivity contribution is -0.142. The van der Waals surface area contributed by atoms with Crippen LogP contribution in [0.1, 0.15) is 40.5 Å². The summed E-state index contributed by atoms with van der Waals surface area (Å²) in [5.74, 6) is -1.34. The lowest BCUT2D eigenvalue weighted by Crippen LogP contribution is -2.37. The van der Waals surface area contributed by atoms with E-state index in [2.05, 4.69) is 0 Å². The lowest BCUT2D eigenvalue weighted by Gasteiger charge is -2.21. The number of hydrogen-bond acceptors (Lipinski definition) is 4. The number of carbonyl (C=O) groups is 3. The van der Waals surface area contributed by atoms with Crippen LogP contribution in [0.2, 0.25) is 0 Å². The number of rotatable bonds is 7. The Labute approximate surface area is 129 Å². The van der Waals surface area contributed by atoms with Crippen LogP contribution in [-0.2, 0) is 4.79 Å². The Bertz CT molecular complexity index is 565. The van der Waals surface area contributed by atoms with Crippen LogP contribution in [0.4, 0.5) is 0 Å². The van der Waals surface area contributed by atoms with E-state index in [0.717, 1.165) is 6.42 Å². The molecule has 1 aliphatic heterocycles. The van der Waals surface area contributed by atoms with E-state index in [1.165, 1.54) is 4.90 Å². The molecule has 0 saturated heterocycles. The van der Waals surface area contributed by atoms with Gasteiger partial charge in [-0.2, -0.15) is 0 Å². The quantitative estimate of drug-likeness (QED) is 0.609. The van der Waals surface area contributed by atoms with Gasteiger partial charge in [0.25, 0.3) is 11.8 Å². The van der Waals surface area contributed by atoms with Crippen molar-refractivity contribution in [1.29, 1.82) is 0 Å². The summed E-state index contributed by atoms with van der Waals surface area (Å²) in [5, 5.41) is 8.91. The SMILES string of the molecule is CC(C(=O)O)N(C)CCCCN1C(=O)c2ccccc2C1=O. The van der Waals surface area contributed by atoms with E-state index in [-0.39, 0.29) is 11.8 Å². The van der Waals surface area contributed by atoms with Crippen molar-refractivity contribution in [3.8, 4) is 0 Å². The van der Waals surface area contributed by atoms with Crippen LogP contribution < -0.4 is 0 Å². The summed E-state index contributed by atoms with van der Waals surface area (Å²) in [6, 6.07) is 6.28. The van der Waals surface area contributed by atoms with Gasteiger partial charge in [-0.3, -0.25) is 24.2 Å². The molecule has 0 fully saturated rings. The zero-order chi connectivity index (χ0) is 16.3. The Morgan fingerprint density at radius 3 is 2.23 bits per heavy atom. The topological polar surface area (TPSA) is 77.9 Å². The van der Waals surface area contributed by atoms with E-state index in [4.69, 9.17) is 5.11 Å². The minimum atomic E-state index is -0.858. The second kappa shape index (κ2) is 6.70. The van der Waals surface area contributed by atoms with Gasteiger partial charge in [0.15, 0.2) is 0 Å². The number of aliphatic carboxylic acids is 1. The summed E-state index contributed by atoms with van der Waals surface area (Å²) in [7, 11) is 1.75. The third-order valence-corrected chi connectivity index (χ3v) is 4.04. The number of imide groups is 1. The van der Waals surface area contributed by atoms with Crippen molar-refractivity contribution in [3.05, 3.63) is 35.4 Å². The van der Waals surface area contributed by atoms with E-state index in [9.17, 15) is 14.4 Å². The zero-order valence-electron chi connectivity index (χ0n) is 12.8. The maximum atomic E-state index is 12.1. The minimum Gasteiger partial charge on any atom is -0.480 e. The molecule has 0 aliphatic carbocycles. The van der Waals surface area contributed by atoms with Gasteiger partial charge in [0.05, 0.1) is 11.1 Å². The van der Waals surface area contributed by atoms with E-state index in [1.807, 2.05) is 0 Å². The van der Waals surface area contributed by atoms with Crippen molar-refractivity contribution in [2.24, 2.45) is 0 Å². The van der Waals surface area contributed by atoms with Crippen molar-refractivity contribution >= 4 is 17.8 Å². The molecule has 0 bridgehead atoms. The molecule has 118 valence electrons. The second-order valence-electron chi connectivity index (χ2n) is 5.51. The highest BCUT2D eigenvalue weighted by atomic mass is 16.4. The molecule has 6 heteroatoms. The van der Waals surface area contributed by atoms with Gasteiger partial charge < -0.3 is 5.11 Å². The third kappa shape index (κ3) is 3.17. The predicted octanol–water partition coefficient (Wildman–Crippen LogP) is 1.47. The van der Waals surface area contributed by atoms with Crippen molar-refractivity contribution in [3.63, 3.8) is 0 Å². The molecule has 0 saturated carbocycles. The lowest BCUT2D eigenvalue weighted by atomic mass is 10.1. The Kier molecular flexibility index (Phi) is 4.92. The van der Waals surface area contributed by atoms with Gasteiger partial charge in [-0.25, -0.2) is 0 Å². The monoisotopic (exact) mass is 304 g/mol. The summed E-state index contributed by atoms with van der Waals surface area (Å²) in [5.41, 5.74) is 0.924. The summed E-state index contributed by atoms with van der Waals surface area (Å²) in [6.45, 7) is 2.60. The molecule has 2 amide bonds. The maximum Gasteiger partial charge on any atom is 0.320 e. The summed E-state index contributed by atoms with van der Waals surface area (Å²) in [6.07, 6.45) is 1.38. The van der Waals surface area contributed by atoms with Crippen LogP contribution in [0, 0.1) is 0 Å². The van der Waals surface area contributed by atoms with Crippen LogP contribution in [0.15, 0.2) is 24.3 Å². The van der Waals surface area contributed by atoms with Crippen LogP contribution in [0.3, 0.4) is 0 Å². The molecule has 1 aliphatic rings. The largest absolute Gasteiger partial charge is 0.480 e. The molecule has 1 atom stereocenters. The molecule has 6 nitrogen and oxygen atoms in total. The highest BCUT2D eigenvalue weighted by Crippen LogP contribution is 2.22. The van der Waals surface area contributed by atoms with Crippen molar-refractivity contribution < 1.29 is 19.5 Å². The first-order chi connectivity index (χ1) is 10.4. The number of carboxylic acid groups (broad SMARTS) is 1. The molecule has 1 aromatic carbocycles. The third-order valence-electron chi connectivity index (χ3n) is 4.04. The Morgan fingerprint density at radius 2 is 1.73 bits per heavy atom. The molecule has 0 aromatic heterocycles. The Hall–Kier alpha value is -2.21. The van der Waals surface area contributed by atoms with Gasteiger partial charge in [0.2, 0.25) is 0 Å². The Balaban J connectivity index is 1.83. The van der Waals surface area contributed by atoms with E-state index < -0.39 is 12.0 Å². The summed E-state index contributed by atoms with van der Waals surface area (Å²) >= 11 is 0. The number of unbranched alkanes of at least 4 members (excludes halogenated alkanes) is 1. The fraction of sp³-hybridized carbons (Fsp3) is 0.438. The molecule has 1 aromatic rings. The molecule has 1 heterocycles. The van der Waals surface area contributed by atoms with Gasteiger partial charge in [-0.15, -0.1) is 0 Å². The van der Waals surface area contributed by atoms with Gasteiger partial charge in [-0.05, 0) is 45.5 Å². The number of nitrogens with zero attached hydrogens (tertiary/aromatic N) is 2. The summed E-state index contributed by atoms with van der Waals surface area (Å²) in [4.78, 5) is 38.2. The van der Waals surface area contributed by atoms with Crippen LogP contribution in [0.25, 0.3) is 0 Å². The zero-order valence-corrected chi connectivity index (χ0v) is 12.8. The first kappa shape index (κ1) is 16.2. The molecular weight excluding hydrogens is 284 g/mol. The van der Waals surface area contributed by atoms with Gasteiger partial charge in [0, 0.05) is 6.54 Å². The first-order valence-electron chi connectivity index (χ1n) is 7.31. The smallest absolute Gasteiger partial charge is 0.320 e. The molecule has 1 N–H and O–H groups in total. The minimum absolute atomic E-state index is 0.243. The highest BCUT2D eigenvalue weighted by Gasteiger charge is 2.34. The number of hydrogen-bond donors (Lipinski definition) is 1. The van der Waals surface area contributed by atoms with E-state index >= 15 is 0 Å². The van der Waals surface area contributed by atoms with Crippen molar-refractivity contribution in [2.45, 2.75) is 25.8 Å². The summed E-state index contributed by atoms with van der Waals surface area (Å²) < 4.78 is 0. The van der Waals surface area contributed by atoms with Gasteiger partial charge >= 0.3 is 5.97 Å². The average Bonchev–Trinajstić information content (AvgIpc) is 2.75. The molecular formula is C16H20N2O4. The number of fused-ring (bicyclic) bond motifs is 1. The fourth-order valence-corrected chi connectivity index (χ4v) is 2.46. The number of benzene rings is 1. The van der Waals surface area contributed by atoms with Gasteiger partial charge in [-0.1, -0.05) is 12.1 Å². The molecule has 22 heavy (non-hydrogen) atoms. The van der Waals surface area contributed by atoms with Gasteiger partial charge in [0.1, 0.15) is 6.04 Å². The number of carboxylic acids is 1. The first-order valence-corrected chi connectivity index (χ1v) is 7.31. The second-order valence-corrected chi connectivity index (χ2v) is 5.51. The highest BCUT2D eigenvalue weighted by molar-refractivity contribution is 6.21. The standard InChI is InChI=1S/C16H20N2O4/c1-11(16(21)22)17(2)9-5-6-10-18-14(19)12-7-3-4-8-13(12)15(18)20/h3-4,7-8,11H,5-6,9-10H2,1-2H3,(H,21,22). The number of likely N-dealkylation sites (N-methyl/N-ethyl adjacent to an activating group) is 1. The maximum absolute atomic E-state index is 12.1. The number of carbonyl (C=O) groups excluding carboxylic acids is 2. The molecule has 0 spiro atoms. The van der Waals surface area contributed by atoms with Crippen LogP contribution >= 0.6 is 0 Å². The van der Waals surface area contributed by atoms with E-state index in [0.29, 0.717) is 30.6 Å².